The second-order valence-corrected chi connectivity index (χ2v) is 12.4. The Bertz CT molecular complexity index is 666. The molecule has 140 valence electrons. The van der Waals surface area contributed by atoms with Gasteiger partial charge in [0.05, 0.1) is 12.5 Å². The van der Waals surface area contributed by atoms with Crippen molar-refractivity contribution >= 4 is 24.7 Å². The van der Waals surface area contributed by atoms with Crippen LogP contribution in [0.4, 0.5) is 0 Å². The van der Waals surface area contributed by atoms with Crippen LogP contribution in [-0.2, 0) is 9.22 Å². The normalized spacial score (nSPS) is 13.6. The summed E-state index contributed by atoms with van der Waals surface area (Å²) in [5, 5.41) is 11.6. The number of carbonyl (C=O) groups is 1. The highest BCUT2D eigenvalue weighted by molar-refractivity contribution is 6.99. The number of carboxylic acids is 1. The molecular weight excluding hydrogens is 340 g/mol. The molecule has 4 heteroatoms. The van der Waals surface area contributed by atoms with Crippen LogP contribution in [0.1, 0.15) is 41.0 Å². The highest BCUT2D eigenvalue weighted by Crippen LogP contribution is 2.38. The fourth-order valence-electron chi connectivity index (χ4n) is 3.50. The van der Waals surface area contributed by atoms with Crippen LogP contribution >= 0.6 is 0 Å². The fourth-order valence-corrected chi connectivity index (χ4v) is 8.33. The lowest BCUT2D eigenvalue weighted by molar-refractivity contribution is -0.139. The van der Waals surface area contributed by atoms with Crippen molar-refractivity contribution in [1.82, 2.24) is 0 Å². The molecule has 0 aromatic heterocycles. The van der Waals surface area contributed by atoms with E-state index in [1.807, 2.05) is 50.2 Å². The van der Waals surface area contributed by atoms with Gasteiger partial charge in [0, 0.05) is 0 Å². The Hall–Kier alpha value is -1.91. The first-order chi connectivity index (χ1) is 12.2. The zero-order valence-corrected chi connectivity index (χ0v) is 17.4. The van der Waals surface area contributed by atoms with E-state index in [0.717, 1.165) is 0 Å². The van der Waals surface area contributed by atoms with E-state index in [0.29, 0.717) is 0 Å². The SMILES string of the molecule is CC(C)[C@H](CC(=O)O)O[Si](c1ccccc1)(c1ccccc1)C(C)(C)C. The van der Waals surface area contributed by atoms with Crippen molar-refractivity contribution in [2.45, 2.75) is 52.2 Å². The van der Waals surface area contributed by atoms with Crippen molar-refractivity contribution in [3.8, 4) is 0 Å². The maximum absolute atomic E-state index is 11.5. The average Bonchev–Trinajstić information content (AvgIpc) is 2.58. The number of hydrogen-bond donors (Lipinski definition) is 1. The van der Waals surface area contributed by atoms with Crippen LogP contribution in [0, 0.1) is 5.92 Å². The van der Waals surface area contributed by atoms with Crippen molar-refractivity contribution in [2.24, 2.45) is 5.92 Å². The molecule has 0 unspecified atom stereocenters. The second-order valence-electron chi connectivity index (χ2n) is 8.16. The van der Waals surface area contributed by atoms with Crippen LogP contribution in [0.2, 0.25) is 5.04 Å². The molecule has 0 aliphatic carbocycles. The van der Waals surface area contributed by atoms with E-state index < -0.39 is 14.3 Å². The van der Waals surface area contributed by atoms with Crippen LogP contribution < -0.4 is 10.4 Å². The summed E-state index contributed by atoms with van der Waals surface area (Å²) in [7, 11) is -2.71. The largest absolute Gasteiger partial charge is 0.481 e. The molecule has 0 amide bonds. The molecule has 0 heterocycles. The molecule has 2 aromatic carbocycles. The number of aliphatic carboxylic acids is 1. The summed E-state index contributed by atoms with van der Waals surface area (Å²) in [6.07, 6.45) is -0.318. The number of benzene rings is 2. The summed E-state index contributed by atoms with van der Waals surface area (Å²) in [6.45, 7) is 10.7. The Morgan fingerprint density at radius 2 is 1.38 bits per heavy atom. The van der Waals surface area contributed by atoms with Gasteiger partial charge in [-0.2, -0.15) is 0 Å². The Kier molecular flexibility index (Phi) is 6.42. The van der Waals surface area contributed by atoms with Crippen molar-refractivity contribution in [3.05, 3.63) is 60.7 Å². The van der Waals surface area contributed by atoms with Crippen LogP contribution in [0.5, 0.6) is 0 Å². The van der Waals surface area contributed by atoms with Gasteiger partial charge in [0.1, 0.15) is 0 Å². The summed E-state index contributed by atoms with van der Waals surface area (Å²) in [4.78, 5) is 11.5. The van der Waals surface area contributed by atoms with Gasteiger partial charge in [0.15, 0.2) is 0 Å². The van der Waals surface area contributed by atoms with Gasteiger partial charge in [0.2, 0.25) is 0 Å². The average molecular weight is 371 g/mol. The van der Waals surface area contributed by atoms with Crippen LogP contribution in [0.3, 0.4) is 0 Å². The van der Waals surface area contributed by atoms with Gasteiger partial charge in [-0.3, -0.25) is 4.79 Å². The molecule has 1 N–H and O–H groups in total. The van der Waals surface area contributed by atoms with Crippen LogP contribution in [0.15, 0.2) is 60.7 Å². The van der Waals surface area contributed by atoms with Gasteiger partial charge in [0.25, 0.3) is 8.32 Å². The molecule has 2 rings (SSSR count). The minimum atomic E-state index is -2.71. The molecule has 3 nitrogen and oxygen atoms in total. The molecule has 0 bridgehead atoms. The van der Waals surface area contributed by atoms with Gasteiger partial charge < -0.3 is 9.53 Å². The second kappa shape index (κ2) is 8.19. The summed E-state index contributed by atoms with van der Waals surface area (Å²) >= 11 is 0. The van der Waals surface area contributed by atoms with E-state index in [1.54, 1.807) is 0 Å². The maximum atomic E-state index is 11.5. The molecule has 0 saturated carbocycles. The lowest BCUT2D eigenvalue weighted by Crippen LogP contribution is -2.68. The van der Waals surface area contributed by atoms with Gasteiger partial charge in [-0.05, 0) is 21.3 Å². The predicted molar refractivity (Wildman–Crippen MR) is 110 cm³/mol. The van der Waals surface area contributed by atoms with Crippen molar-refractivity contribution in [2.75, 3.05) is 0 Å². The first-order valence-electron chi connectivity index (χ1n) is 9.19. The highest BCUT2D eigenvalue weighted by atomic mass is 28.4. The quantitative estimate of drug-likeness (QED) is 0.748. The number of carboxylic acid groups (broad SMARTS) is 1. The van der Waals surface area contributed by atoms with E-state index in [2.05, 4.69) is 45.0 Å². The molecule has 0 fully saturated rings. The van der Waals surface area contributed by atoms with Gasteiger partial charge in [-0.1, -0.05) is 95.3 Å². The molecule has 0 saturated heterocycles. The van der Waals surface area contributed by atoms with Crippen molar-refractivity contribution < 1.29 is 14.3 Å². The van der Waals surface area contributed by atoms with E-state index in [-0.39, 0.29) is 23.5 Å². The van der Waals surface area contributed by atoms with Gasteiger partial charge in [-0.15, -0.1) is 0 Å². The topological polar surface area (TPSA) is 46.5 Å². The predicted octanol–water partition coefficient (Wildman–Crippen LogP) is 4.06. The minimum absolute atomic E-state index is 0.0160. The third-order valence-electron chi connectivity index (χ3n) is 4.86. The van der Waals surface area contributed by atoms with E-state index in [4.69, 9.17) is 4.43 Å². The van der Waals surface area contributed by atoms with E-state index in [1.165, 1.54) is 10.4 Å². The van der Waals surface area contributed by atoms with Crippen molar-refractivity contribution in [3.63, 3.8) is 0 Å². The minimum Gasteiger partial charge on any atom is -0.481 e. The highest BCUT2D eigenvalue weighted by Gasteiger charge is 2.51. The fraction of sp³-hybridized carbons (Fsp3) is 0.409. The van der Waals surface area contributed by atoms with Crippen LogP contribution in [-0.4, -0.2) is 25.5 Å². The van der Waals surface area contributed by atoms with E-state index in [9.17, 15) is 9.90 Å². The van der Waals surface area contributed by atoms with E-state index >= 15 is 0 Å². The summed E-state index contributed by atoms with van der Waals surface area (Å²) < 4.78 is 6.91. The lowest BCUT2D eigenvalue weighted by atomic mass is 10.1. The number of hydrogen-bond acceptors (Lipinski definition) is 2. The summed E-state index contributed by atoms with van der Waals surface area (Å²) in [5.41, 5.74) is 0. The maximum Gasteiger partial charge on any atom is 0.305 e. The Morgan fingerprint density at radius 3 is 1.69 bits per heavy atom. The first-order valence-corrected chi connectivity index (χ1v) is 11.1. The third kappa shape index (κ3) is 4.25. The zero-order valence-electron chi connectivity index (χ0n) is 16.4. The molecule has 2 aromatic rings. The molecule has 26 heavy (non-hydrogen) atoms. The monoisotopic (exact) mass is 370 g/mol. The lowest BCUT2D eigenvalue weighted by Gasteiger charge is -2.45. The Morgan fingerprint density at radius 1 is 0.962 bits per heavy atom. The Balaban J connectivity index is 2.69. The van der Waals surface area contributed by atoms with Crippen LogP contribution in [0.25, 0.3) is 0 Å². The third-order valence-corrected chi connectivity index (χ3v) is 9.93. The van der Waals surface area contributed by atoms with Gasteiger partial charge >= 0.3 is 5.97 Å². The molecule has 1 atom stereocenters. The standard InChI is InChI=1S/C22H30O3Si/c1-17(2)20(16-21(23)24)25-26(22(3,4)5,18-12-8-6-9-13-18)19-14-10-7-11-15-19/h6-15,17,20H,16H2,1-5H3,(H,23,24)/t20-/m0/s1. The smallest absolute Gasteiger partial charge is 0.305 e. The molecule has 0 radical (unpaired) electrons. The zero-order chi connectivity index (χ0) is 19.4. The van der Waals surface area contributed by atoms with Crippen molar-refractivity contribution in [1.29, 1.82) is 0 Å². The number of rotatable bonds is 7. The molecule has 0 aliphatic rings. The molecule has 0 aliphatic heterocycles. The Labute approximate surface area is 158 Å². The summed E-state index contributed by atoms with van der Waals surface area (Å²) in [5.74, 6) is -0.700. The first kappa shape index (κ1) is 20.4. The molecular formula is C22H30O3Si. The summed E-state index contributed by atoms with van der Waals surface area (Å²) in [6, 6.07) is 20.7. The van der Waals surface area contributed by atoms with Gasteiger partial charge in [-0.25, -0.2) is 0 Å². The molecule has 0 spiro atoms.